The number of hydrogen-bond donors (Lipinski definition) is 1. The zero-order valence-electron chi connectivity index (χ0n) is 19.4. The summed E-state index contributed by atoms with van der Waals surface area (Å²) >= 11 is 6.15. The van der Waals surface area contributed by atoms with Crippen molar-refractivity contribution in [2.75, 3.05) is 5.32 Å². The summed E-state index contributed by atoms with van der Waals surface area (Å²) in [5, 5.41) is 7.75. The molecule has 0 radical (unpaired) electrons. The van der Waals surface area contributed by atoms with Crippen LogP contribution in [0.25, 0.3) is 16.7 Å². The molecule has 2 aromatic heterocycles. The van der Waals surface area contributed by atoms with Crippen molar-refractivity contribution < 1.29 is 9.53 Å². The third-order valence-electron chi connectivity index (χ3n) is 5.62. The normalized spacial score (nSPS) is 11.2. The van der Waals surface area contributed by atoms with E-state index in [9.17, 15) is 9.59 Å². The Bertz CT molecular complexity index is 1650. The van der Waals surface area contributed by atoms with Gasteiger partial charge in [-0.05, 0) is 73.9 Å². The molecule has 8 nitrogen and oxygen atoms in total. The molecule has 2 heterocycles. The maximum atomic E-state index is 13.3. The number of nitrogens with one attached hydrogen (secondary N) is 1. The van der Waals surface area contributed by atoms with Crippen molar-refractivity contribution in [2.24, 2.45) is 0 Å². The number of aromatic nitrogens is 4. The van der Waals surface area contributed by atoms with Crippen molar-refractivity contribution in [1.82, 2.24) is 19.2 Å². The molecule has 0 aliphatic carbocycles. The largest absolute Gasteiger partial charge is 0.436 e. The first-order chi connectivity index (χ1) is 16.8. The summed E-state index contributed by atoms with van der Waals surface area (Å²) in [4.78, 5) is 30.7. The number of para-hydroxylation sites is 2. The molecule has 0 aliphatic rings. The first kappa shape index (κ1) is 22.6. The van der Waals surface area contributed by atoms with Crippen molar-refractivity contribution in [3.8, 4) is 11.6 Å². The number of benzene rings is 3. The van der Waals surface area contributed by atoms with Gasteiger partial charge in [0.1, 0.15) is 12.3 Å². The van der Waals surface area contributed by atoms with Gasteiger partial charge in [-0.15, -0.1) is 5.10 Å². The third-order valence-corrected chi connectivity index (χ3v) is 6.03. The van der Waals surface area contributed by atoms with E-state index in [1.807, 2.05) is 51.1 Å². The van der Waals surface area contributed by atoms with E-state index in [0.29, 0.717) is 27.5 Å². The van der Waals surface area contributed by atoms with E-state index in [0.717, 1.165) is 21.4 Å². The van der Waals surface area contributed by atoms with Crippen LogP contribution in [0.1, 0.15) is 16.7 Å². The minimum atomic E-state index is -0.471. The molecule has 0 spiro atoms. The van der Waals surface area contributed by atoms with E-state index >= 15 is 0 Å². The molecule has 0 unspecified atom stereocenters. The van der Waals surface area contributed by atoms with E-state index in [-0.39, 0.29) is 18.1 Å². The lowest BCUT2D eigenvalue weighted by atomic mass is 10.1. The van der Waals surface area contributed by atoms with Gasteiger partial charge in [0.25, 0.3) is 5.88 Å². The van der Waals surface area contributed by atoms with Gasteiger partial charge < -0.3 is 10.1 Å². The number of ether oxygens (including phenoxy) is 1. The number of anilines is 1. The molecule has 1 N–H and O–H groups in total. The Morgan fingerprint density at radius 2 is 1.77 bits per heavy atom. The van der Waals surface area contributed by atoms with Crippen LogP contribution < -0.4 is 15.7 Å². The second-order valence-corrected chi connectivity index (χ2v) is 8.80. The van der Waals surface area contributed by atoms with Crippen molar-refractivity contribution in [1.29, 1.82) is 0 Å². The number of rotatable bonds is 5. The summed E-state index contributed by atoms with van der Waals surface area (Å²) in [7, 11) is 0. The number of halogens is 1. The average Bonchev–Trinajstić information content (AvgIpc) is 3.13. The van der Waals surface area contributed by atoms with Gasteiger partial charge in [0, 0.05) is 10.7 Å². The number of aryl methyl sites for hydroxylation is 2. The van der Waals surface area contributed by atoms with Crippen LogP contribution in [0.3, 0.4) is 0 Å². The smallest absolute Gasteiger partial charge is 0.351 e. The Hall–Kier alpha value is -4.17. The Morgan fingerprint density at radius 3 is 2.54 bits per heavy atom. The SMILES string of the molecule is Cc1cc(C)cc(Oc2nc3ccccc3n3c(=O)n(CC(=O)Nc4cccc(Cl)c4C)nc23)c1. The van der Waals surface area contributed by atoms with E-state index in [1.165, 1.54) is 4.40 Å². The lowest BCUT2D eigenvalue weighted by Crippen LogP contribution is -2.28. The lowest BCUT2D eigenvalue weighted by Gasteiger charge is -2.09. The lowest BCUT2D eigenvalue weighted by molar-refractivity contribution is -0.117. The maximum absolute atomic E-state index is 13.3. The zero-order chi connectivity index (χ0) is 24.7. The van der Waals surface area contributed by atoms with Crippen LogP contribution >= 0.6 is 11.6 Å². The minimum Gasteiger partial charge on any atom is -0.436 e. The molecule has 0 aliphatic heterocycles. The van der Waals surface area contributed by atoms with Crippen LogP contribution in [0, 0.1) is 20.8 Å². The Morgan fingerprint density at radius 1 is 1.03 bits per heavy atom. The summed E-state index contributed by atoms with van der Waals surface area (Å²) in [6.45, 7) is 5.47. The summed E-state index contributed by atoms with van der Waals surface area (Å²) in [5.74, 6) is 0.355. The number of fused-ring (bicyclic) bond motifs is 3. The number of nitrogens with zero attached hydrogens (tertiary/aromatic N) is 4. The van der Waals surface area contributed by atoms with Crippen molar-refractivity contribution >= 4 is 39.9 Å². The van der Waals surface area contributed by atoms with E-state index in [1.54, 1.807) is 30.3 Å². The summed E-state index contributed by atoms with van der Waals surface area (Å²) in [5.41, 5.74) is 4.27. The molecule has 5 aromatic rings. The fourth-order valence-corrected chi connectivity index (χ4v) is 4.19. The monoisotopic (exact) mass is 487 g/mol. The number of carbonyl (C=O) groups excluding carboxylic acids is 1. The first-order valence-corrected chi connectivity index (χ1v) is 11.4. The predicted octanol–water partition coefficient (Wildman–Crippen LogP) is 5.05. The third kappa shape index (κ3) is 4.36. The molecular formula is C26H22ClN5O3. The molecule has 0 fully saturated rings. The van der Waals surface area contributed by atoms with Gasteiger partial charge in [0.15, 0.2) is 0 Å². The molecule has 0 bridgehead atoms. The number of carbonyl (C=O) groups is 1. The molecule has 9 heteroatoms. The first-order valence-electron chi connectivity index (χ1n) is 11.0. The quantitative estimate of drug-likeness (QED) is 0.374. The van der Waals surface area contributed by atoms with Crippen LogP contribution in [-0.4, -0.2) is 25.1 Å². The Balaban J connectivity index is 1.57. The maximum Gasteiger partial charge on any atom is 0.351 e. The van der Waals surface area contributed by atoms with Crippen LogP contribution in [0.4, 0.5) is 5.69 Å². The fourth-order valence-electron chi connectivity index (χ4n) is 4.01. The predicted molar refractivity (Wildman–Crippen MR) is 136 cm³/mol. The Kier molecular flexibility index (Phi) is 5.74. The van der Waals surface area contributed by atoms with Gasteiger partial charge >= 0.3 is 5.69 Å². The second-order valence-electron chi connectivity index (χ2n) is 8.39. The topological polar surface area (TPSA) is 90.5 Å². The van der Waals surface area contributed by atoms with E-state index in [2.05, 4.69) is 15.4 Å². The van der Waals surface area contributed by atoms with Crippen molar-refractivity contribution in [3.05, 3.63) is 92.9 Å². The van der Waals surface area contributed by atoms with Crippen LogP contribution in [-0.2, 0) is 11.3 Å². The van der Waals surface area contributed by atoms with Crippen LogP contribution in [0.5, 0.6) is 11.6 Å². The highest BCUT2D eigenvalue weighted by Crippen LogP contribution is 2.27. The van der Waals surface area contributed by atoms with E-state index in [4.69, 9.17) is 16.3 Å². The Labute approximate surface area is 205 Å². The van der Waals surface area contributed by atoms with Crippen LogP contribution in [0.15, 0.2) is 65.5 Å². The fraction of sp³-hybridized carbons (Fsp3) is 0.154. The highest BCUT2D eigenvalue weighted by Gasteiger charge is 2.19. The molecule has 0 saturated heterocycles. The van der Waals surface area contributed by atoms with Gasteiger partial charge in [-0.3, -0.25) is 4.79 Å². The summed E-state index contributed by atoms with van der Waals surface area (Å²) in [6.07, 6.45) is 0. The van der Waals surface area contributed by atoms with Crippen molar-refractivity contribution in [3.63, 3.8) is 0 Å². The standard InChI is InChI=1S/C26H22ClN5O3/c1-15-11-16(2)13-18(12-15)35-25-24-30-31(14-23(33)28-20-9-6-7-19(27)17(20)3)26(34)32(24)22-10-5-4-8-21(22)29-25/h4-13H,14H2,1-3H3,(H,28,33). The van der Waals surface area contributed by atoms with Gasteiger partial charge in [-0.2, -0.15) is 0 Å². The zero-order valence-corrected chi connectivity index (χ0v) is 20.1. The highest BCUT2D eigenvalue weighted by atomic mass is 35.5. The molecule has 1 amide bonds. The summed E-state index contributed by atoms with van der Waals surface area (Å²) in [6, 6.07) is 18.3. The van der Waals surface area contributed by atoms with Gasteiger partial charge in [0.05, 0.1) is 11.0 Å². The number of amides is 1. The van der Waals surface area contributed by atoms with Gasteiger partial charge in [0.2, 0.25) is 11.6 Å². The molecule has 3 aromatic carbocycles. The number of hydrogen-bond acceptors (Lipinski definition) is 5. The van der Waals surface area contributed by atoms with Crippen LogP contribution in [0.2, 0.25) is 5.02 Å². The van der Waals surface area contributed by atoms with Gasteiger partial charge in [-0.1, -0.05) is 35.9 Å². The molecule has 5 rings (SSSR count). The molecule has 0 atom stereocenters. The van der Waals surface area contributed by atoms with E-state index < -0.39 is 11.6 Å². The van der Waals surface area contributed by atoms with Crippen molar-refractivity contribution in [2.45, 2.75) is 27.3 Å². The molecular weight excluding hydrogens is 466 g/mol. The molecule has 35 heavy (non-hydrogen) atoms. The average molecular weight is 488 g/mol. The highest BCUT2D eigenvalue weighted by molar-refractivity contribution is 6.31. The molecule has 176 valence electrons. The second kappa shape index (κ2) is 8.88. The molecule has 0 saturated carbocycles. The van der Waals surface area contributed by atoms with Gasteiger partial charge in [-0.25, -0.2) is 18.9 Å². The summed E-state index contributed by atoms with van der Waals surface area (Å²) < 4.78 is 8.62. The minimum absolute atomic E-state index is 0.177.